The van der Waals surface area contributed by atoms with Gasteiger partial charge in [0.15, 0.2) is 0 Å². The summed E-state index contributed by atoms with van der Waals surface area (Å²) in [5.74, 6) is -0.449. The van der Waals surface area contributed by atoms with Crippen LogP contribution in [0.4, 0.5) is 5.13 Å². The molecule has 0 radical (unpaired) electrons. The molecule has 0 saturated carbocycles. The molecule has 8 nitrogen and oxygen atoms in total. The Morgan fingerprint density at radius 2 is 1.84 bits per heavy atom. The monoisotopic (exact) mass is 478 g/mol. The molecule has 0 unspecified atom stereocenters. The van der Waals surface area contributed by atoms with Crippen LogP contribution in [0.2, 0.25) is 5.02 Å². The van der Waals surface area contributed by atoms with Crippen LogP contribution in [-0.2, 0) is 14.8 Å². The maximum absolute atomic E-state index is 12.9. The van der Waals surface area contributed by atoms with Gasteiger partial charge in [0.1, 0.15) is 5.01 Å². The summed E-state index contributed by atoms with van der Waals surface area (Å²) in [6.07, 6.45) is 0. The molecule has 3 aromatic rings. The Morgan fingerprint density at radius 1 is 1.13 bits per heavy atom. The highest BCUT2D eigenvalue weighted by Gasteiger charge is 2.27. The van der Waals surface area contributed by atoms with Crippen LogP contribution < -0.4 is 5.32 Å². The number of anilines is 1. The highest BCUT2D eigenvalue weighted by molar-refractivity contribution is 7.89. The highest BCUT2D eigenvalue weighted by atomic mass is 35.5. The lowest BCUT2D eigenvalue weighted by Crippen LogP contribution is -2.40. The maximum Gasteiger partial charge on any atom is 0.257 e. The molecule has 11 heteroatoms. The molecule has 0 spiro atoms. The van der Waals surface area contributed by atoms with Crippen molar-refractivity contribution in [3.05, 3.63) is 58.6 Å². The number of amides is 1. The molecule has 1 saturated heterocycles. The molecule has 0 aliphatic carbocycles. The number of halogens is 1. The fourth-order valence-corrected chi connectivity index (χ4v) is 5.39. The SMILES string of the molecule is Cc1ccc(S(=O)(=O)N2CCOCC2)cc1C(=O)Nc1nnc(-c2ccc(Cl)cc2)s1. The van der Waals surface area contributed by atoms with Crippen LogP contribution in [0.3, 0.4) is 0 Å². The Kier molecular flexibility index (Phi) is 6.35. The molecular weight excluding hydrogens is 460 g/mol. The predicted molar refractivity (Wildman–Crippen MR) is 119 cm³/mol. The first kappa shape index (κ1) is 21.8. The van der Waals surface area contributed by atoms with Crippen LogP contribution in [0.1, 0.15) is 15.9 Å². The Balaban J connectivity index is 1.55. The second kappa shape index (κ2) is 9.01. The first-order chi connectivity index (χ1) is 14.8. The van der Waals surface area contributed by atoms with Crippen molar-refractivity contribution in [1.82, 2.24) is 14.5 Å². The second-order valence-corrected chi connectivity index (χ2v) is 10.2. The van der Waals surface area contributed by atoms with Crippen molar-refractivity contribution in [2.75, 3.05) is 31.6 Å². The Morgan fingerprint density at radius 3 is 2.55 bits per heavy atom. The Hall–Kier alpha value is -2.37. The van der Waals surface area contributed by atoms with Crippen LogP contribution in [0.5, 0.6) is 0 Å². The van der Waals surface area contributed by atoms with E-state index in [0.717, 1.165) is 5.56 Å². The summed E-state index contributed by atoms with van der Waals surface area (Å²) in [7, 11) is -3.71. The predicted octanol–water partition coefficient (Wildman–Crippen LogP) is 3.44. The third-order valence-electron chi connectivity index (χ3n) is 4.80. The third-order valence-corrected chi connectivity index (χ3v) is 7.83. The lowest BCUT2D eigenvalue weighted by atomic mass is 10.1. The van der Waals surface area contributed by atoms with E-state index in [1.165, 1.54) is 27.8 Å². The molecule has 0 bridgehead atoms. The summed E-state index contributed by atoms with van der Waals surface area (Å²) < 4.78 is 32.4. The van der Waals surface area contributed by atoms with E-state index in [2.05, 4.69) is 15.5 Å². The van der Waals surface area contributed by atoms with Crippen molar-refractivity contribution < 1.29 is 17.9 Å². The van der Waals surface area contributed by atoms with Crippen LogP contribution in [0, 0.1) is 6.92 Å². The zero-order chi connectivity index (χ0) is 22.0. The van der Waals surface area contributed by atoms with Gasteiger partial charge in [0.25, 0.3) is 5.91 Å². The van der Waals surface area contributed by atoms with Gasteiger partial charge in [-0.3, -0.25) is 10.1 Å². The maximum atomic E-state index is 12.9. The minimum absolute atomic E-state index is 0.0734. The number of nitrogens with zero attached hydrogens (tertiary/aromatic N) is 3. The number of aromatic nitrogens is 2. The number of hydrogen-bond donors (Lipinski definition) is 1. The van der Waals surface area contributed by atoms with E-state index in [0.29, 0.717) is 33.9 Å². The number of carbonyl (C=O) groups excluding carboxylic acids is 1. The van der Waals surface area contributed by atoms with Gasteiger partial charge >= 0.3 is 0 Å². The van der Waals surface area contributed by atoms with Gasteiger partial charge in [-0.15, -0.1) is 10.2 Å². The van der Waals surface area contributed by atoms with E-state index in [1.807, 2.05) is 12.1 Å². The molecule has 1 aliphatic heterocycles. The first-order valence-electron chi connectivity index (χ1n) is 9.44. The van der Waals surface area contributed by atoms with Gasteiger partial charge in [-0.2, -0.15) is 4.31 Å². The second-order valence-electron chi connectivity index (χ2n) is 6.87. The minimum Gasteiger partial charge on any atom is -0.379 e. The summed E-state index contributed by atoms with van der Waals surface area (Å²) in [6.45, 7) is 3.03. The van der Waals surface area contributed by atoms with Gasteiger partial charge < -0.3 is 4.74 Å². The molecule has 1 fully saturated rings. The molecule has 1 amide bonds. The van der Waals surface area contributed by atoms with Gasteiger partial charge in [0, 0.05) is 29.2 Å². The molecule has 1 N–H and O–H groups in total. The molecule has 1 aromatic heterocycles. The molecule has 4 rings (SSSR count). The number of rotatable bonds is 5. The number of morpholine rings is 1. The van der Waals surface area contributed by atoms with Crippen LogP contribution in [0.15, 0.2) is 47.4 Å². The fraction of sp³-hybridized carbons (Fsp3) is 0.250. The van der Waals surface area contributed by atoms with Crippen molar-refractivity contribution in [1.29, 1.82) is 0 Å². The van der Waals surface area contributed by atoms with Gasteiger partial charge in [0.2, 0.25) is 15.2 Å². The zero-order valence-electron chi connectivity index (χ0n) is 16.5. The molecule has 0 atom stereocenters. The smallest absolute Gasteiger partial charge is 0.257 e. The summed E-state index contributed by atoms with van der Waals surface area (Å²) >= 11 is 7.12. The molecular formula is C20H19ClN4O4S2. The minimum atomic E-state index is -3.71. The normalized spacial score (nSPS) is 15.0. The van der Waals surface area contributed by atoms with E-state index in [-0.39, 0.29) is 23.5 Å². The lowest BCUT2D eigenvalue weighted by molar-refractivity contribution is 0.0730. The van der Waals surface area contributed by atoms with E-state index in [4.69, 9.17) is 16.3 Å². The Labute approximate surface area is 188 Å². The summed E-state index contributed by atoms with van der Waals surface area (Å²) in [6, 6.07) is 11.7. The highest BCUT2D eigenvalue weighted by Crippen LogP contribution is 2.28. The molecule has 2 heterocycles. The molecule has 2 aromatic carbocycles. The van der Waals surface area contributed by atoms with Crippen LogP contribution >= 0.6 is 22.9 Å². The van der Waals surface area contributed by atoms with Crippen molar-refractivity contribution in [3.8, 4) is 10.6 Å². The summed E-state index contributed by atoms with van der Waals surface area (Å²) in [4.78, 5) is 12.9. The molecule has 31 heavy (non-hydrogen) atoms. The number of benzene rings is 2. The number of ether oxygens (including phenoxy) is 1. The van der Waals surface area contributed by atoms with E-state index >= 15 is 0 Å². The quantitative estimate of drug-likeness (QED) is 0.602. The number of aryl methyl sites for hydroxylation is 1. The van der Waals surface area contributed by atoms with Crippen molar-refractivity contribution in [2.24, 2.45) is 0 Å². The van der Waals surface area contributed by atoms with Crippen LogP contribution in [0.25, 0.3) is 10.6 Å². The standard InChI is InChI=1S/C20H19ClN4O4S2/c1-13-2-7-16(31(27,28)25-8-10-29-11-9-25)12-17(13)18(26)22-20-24-23-19(30-20)14-3-5-15(21)6-4-14/h2-7,12H,8-11H2,1H3,(H,22,24,26). The number of carbonyl (C=O) groups is 1. The number of sulfonamides is 1. The third kappa shape index (κ3) is 4.78. The van der Waals surface area contributed by atoms with Gasteiger partial charge in [-0.1, -0.05) is 41.1 Å². The topological polar surface area (TPSA) is 101 Å². The van der Waals surface area contributed by atoms with Crippen LogP contribution in [-0.4, -0.2) is 55.1 Å². The van der Waals surface area contributed by atoms with E-state index in [9.17, 15) is 13.2 Å². The number of nitrogens with one attached hydrogen (secondary N) is 1. The number of hydrogen-bond acceptors (Lipinski definition) is 7. The summed E-state index contributed by atoms with van der Waals surface area (Å²) in [5, 5.41) is 12.4. The first-order valence-corrected chi connectivity index (χ1v) is 12.1. The van der Waals surface area contributed by atoms with Gasteiger partial charge in [-0.25, -0.2) is 8.42 Å². The molecule has 1 aliphatic rings. The Bertz CT molecular complexity index is 1210. The zero-order valence-corrected chi connectivity index (χ0v) is 18.9. The largest absolute Gasteiger partial charge is 0.379 e. The average molecular weight is 479 g/mol. The lowest BCUT2D eigenvalue weighted by Gasteiger charge is -2.26. The average Bonchev–Trinajstić information content (AvgIpc) is 3.23. The van der Waals surface area contributed by atoms with Crippen molar-refractivity contribution >= 4 is 44.0 Å². The van der Waals surface area contributed by atoms with Gasteiger partial charge in [0.05, 0.1) is 18.1 Å². The van der Waals surface area contributed by atoms with E-state index < -0.39 is 15.9 Å². The van der Waals surface area contributed by atoms with Crippen molar-refractivity contribution in [3.63, 3.8) is 0 Å². The van der Waals surface area contributed by atoms with Crippen molar-refractivity contribution in [2.45, 2.75) is 11.8 Å². The van der Waals surface area contributed by atoms with Gasteiger partial charge in [-0.05, 0) is 36.8 Å². The summed E-state index contributed by atoms with van der Waals surface area (Å²) in [5.41, 5.74) is 1.75. The molecule has 162 valence electrons. The van der Waals surface area contributed by atoms with E-state index in [1.54, 1.807) is 25.1 Å². The fourth-order valence-electron chi connectivity index (χ4n) is 3.09.